The highest BCUT2D eigenvalue weighted by molar-refractivity contribution is 7.99. The van der Waals surface area contributed by atoms with Gasteiger partial charge in [-0.1, -0.05) is 97.1 Å². The molecule has 48 heavy (non-hydrogen) atoms. The first-order chi connectivity index (χ1) is 23.4. The third-order valence-electron chi connectivity index (χ3n) is 6.68. The molecule has 0 unspecified atom stereocenters. The lowest BCUT2D eigenvalue weighted by atomic mass is 10.2. The molecule has 0 saturated heterocycles. The van der Waals surface area contributed by atoms with E-state index in [1.807, 2.05) is 121 Å². The van der Waals surface area contributed by atoms with E-state index >= 15 is 0 Å². The van der Waals surface area contributed by atoms with Gasteiger partial charge in [0.05, 0.1) is 37.5 Å². The molecule has 0 aromatic heterocycles. The van der Waals surface area contributed by atoms with E-state index in [4.69, 9.17) is 9.47 Å². The zero-order valence-corrected chi connectivity index (χ0v) is 28.0. The third kappa shape index (κ3) is 15.2. The monoisotopic (exact) mass is 694 g/mol. The van der Waals surface area contributed by atoms with Gasteiger partial charge in [-0.3, -0.25) is 0 Å². The van der Waals surface area contributed by atoms with Crippen molar-refractivity contribution < 1.29 is 39.5 Å². The molecule has 0 radical (unpaired) electrons. The second-order valence-electron chi connectivity index (χ2n) is 10.4. The molecule has 10 nitrogen and oxygen atoms in total. The number of nitrogens with one attached hydrogen (secondary N) is 2. The van der Waals surface area contributed by atoms with E-state index in [9.17, 15) is 30.0 Å². The average Bonchev–Trinajstić information content (AvgIpc) is 3.14. The molecule has 2 amide bonds. The number of carbonyl (C=O) groups is 2. The zero-order valence-electron chi connectivity index (χ0n) is 26.3. The van der Waals surface area contributed by atoms with Gasteiger partial charge in [0.25, 0.3) is 0 Å². The number of aliphatic hydroxyl groups excluding tert-OH is 4. The van der Waals surface area contributed by atoms with Crippen LogP contribution in [0.15, 0.2) is 131 Å². The third-order valence-corrected chi connectivity index (χ3v) is 8.94. The Morgan fingerprint density at radius 1 is 0.542 bits per heavy atom. The van der Waals surface area contributed by atoms with Gasteiger partial charge in [-0.25, -0.2) is 9.59 Å². The highest BCUT2D eigenvalue weighted by Gasteiger charge is 2.23. The fourth-order valence-electron chi connectivity index (χ4n) is 3.99. The van der Waals surface area contributed by atoms with Gasteiger partial charge < -0.3 is 40.5 Å². The maximum absolute atomic E-state index is 11.9. The number of hydrogen-bond acceptors (Lipinski definition) is 10. The van der Waals surface area contributed by atoms with E-state index in [0.29, 0.717) is 11.5 Å². The second kappa shape index (κ2) is 22.5. The standard InChI is InChI=1S/2C18H21NO4S/c2*20-11-17(21)16(13-24-15-9-5-2-6-10-15)19-18(22)23-12-14-7-3-1-4-8-14/h2*1-10,16-17,20-21H,11-13H2,(H,19,22)/t16-,17+;16-,17-/m00/s1. The van der Waals surface area contributed by atoms with Crippen LogP contribution in [0.5, 0.6) is 0 Å². The maximum atomic E-state index is 11.9. The molecule has 0 fully saturated rings. The lowest BCUT2D eigenvalue weighted by molar-refractivity contribution is 0.0637. The summed E-state index contributed by atoms with van der Waals surface area (Å²) >= 11 is 2.97. The van der Waals surface area contributed by atoms with Crippen LogP contribution >= 0.6 is 23.5 Å². The van der Waals surface area contributed by atoms with Gasteiger partial charge in [-0.15, -0.1) is 23.5 Å². The number of hydrogen-bond donors (Lipinski definition) is 6. The number of carbonyl (C=O) groups excluding carboxylic acids is 2. The van der Waals surface area contributed by atoms with E-state index in [0.717, 1.165) is 20.9 Å². The van der Waals surface area contributed by atoms with Gasteiger partial charge >= 0.3 is 12.2 Å². The van der Waals surface area contributed by atoms with E-state index in [2.05, 4.69) is 10.6 Å². The van der Waals surface area contributed by atoms with Crippen molar-refractivity contribution in [2.75, 3.05) is 24.7 Å². The Balaban J connectivity index is 0.000000260. The number of aliphatic hydroxyl groups is 4. The van der Waals surface area contributed by atoms with Crippen LogP contribution in [0.25, 0.3) is 0 Å². The number of alkyl carbamates (subject to hydrolysis) is 2. The summed E-state index contributed by atoms with van der Waals surface area (Å²) in [5.41, 5.74) is 1.76. The van der Waals surface area contributed by atoms with Crippen LogP contribution in [0, 0.1) is 0 Å². The Labute approximate surface area is 289 Å². The first-order valence-electron chi connectivity index (χ1n) is 15.3. The van der Waals surface area contributed by atoms with E-state index < -0.39 is 49.7 Å². The maximum Gasteiger partial charge on any atom is 0.407 e. The Morgan fingerprint density at radius 3 is 1.17 bits per heavy atom. The summed E-state index contributed by atoms with van der Waals surface area (Å²) < 4.78 is 10.3. The van der Waals surface area contributed by atoms with Crippen molar-refractivity contribution in [1.29, 1.82) is 0 Å². The minimum Gasteiger partial charge on any atom is -0.445 e. The van der Waals surface area contributed by atoms with Crippen LogP contribution in [0.4, 0.5) is 9.59 Å². The summed E-state index contributed by atoms with van der Waals surface area (Å²) in [4.78, 5) is 25.9. The van der Waals surface area contributed by atoms with Crippen LogP contribution in [0.2, 0.25) is 0 Å². The first-order valence-corrected chi connectivity index (χ1v) is 17.2. The number of amides is 2. The summed E-state index contributed by atoms with van der Waals surface area (Å²) in [6.07, 6.45) is -3.34. The summed E-state index contributed by atoms with van der Waals surface area (Å²) in [7, 11) is 0. The molecule has 0 aliphatic heterocycles. The molecule has 4 aromatic carbocycles. The molecule has 0 aliphatic carbocycles. The van der Waals surface area contributed by atoms with Crippen molar-refractivity contribution in [3.63, 3.8) is 0 Å². The van der Waals surface area contributed by atoms with Crippen LogP contribution < -0.4 is 10.6 Å². The van der Waals surface area contributed by atoms with Crippen molar-refractivity contribution in [2.45, 2.75) is 47.3 Å². The molecular weight excluding hydrogens is 653 g/mol. The molecule has 0 spiro atoms. The van der Waals surface area contributed by atoms with Crippen LogP contribution in [-0.2, 0) is 22.7 Å². The Kier molecular flexibility index (Phi) is 18.0. The highest BCUT2D eigenvalue weighted by atomic mass is 32.2. The predicted octanol–water partition coefficient (Wildman–Crippen LogP) is 4.85. The molecule has 0 bridgehead atoms. The van der Waals surface area contributed by atoms with Crippen molar-refractivity contribution in [3.05, 3.63) is 132 Å². The minimum atomic E-state index is -1.05. The number of benzene rings is 4. The Hall–Kier alpha value is -4.04. The number of rotatable bonds is 16. The lowest BCUT2D eigenvalue weighted by Crippen LogP contribution is -2.46. The fraction of sp³-hybridized carbons (Fsp3) is 0.278. The van der Waals surface area contributed by atoms with E-state index in [-0.39, 0.29) is 13.2 Å². The largest absolute Gasteiger partial charge is 0.445 e. The predicted molar refractivity (Wildman–Crippen MR) is 188 cm³/mol. The molecular formula is C36H42N2O8S2. The molecule has 4 aromatic rings. The smallest absolute Gasteiger partial charge is 0.407 e. The van der Waals surface area contributed by atoms with Gasteiger partial charge in [0.2, 0.25) is 0 Å². The topological polar surface area (TPSA) is 158 Å². The quantitative estimate of drug-likeness (QED) is 0.0896. The fourth-order valence-corrected chi connectivity index (χ4v) is 6.04. The van der Waals surface area contributed by atoms with Gasteiger partial charge in [0.1, 0.15) is 13.2 Å². The summed E-state index contributed by atoms with van der Waals surface area (Å²) in [6, 6.07) is 36.8. The van der Waals surface area contributed by atoms with Gasteiger partial charge in [0, 0.05) is 21.3 Å². The van der Waals surface area contributed by atoms with Crippen LogP contribution in [0.1, 0.15) is 11.1 Å². The second-order valence-corrected chi connectivity index (χ2v) is 12.6. The summed E-state index contributed by atoms with van der Waals surface area (Å²) in [5, 5.41) is 43.4. The molecule has 4 atom stereocenters. The summed E-state index contributed by atoms with van der Waals surface area (Å²) in [6.45, 7) is -0.557. The first kappa shape index (κ1) is 38.4. The molecule has 0 aliphatic rings. The van der Waals surface area contributed by atoms with Crippen molar-refractivity contribution >= 4 is 35.7 Å². The zero-order chi connectivity index (χ0) is 34.4. The van der Waals surface area contributed by atoms with Crippen molar-refractivity contribution in [1.82, 2.24) is 10.6 Å². The molecule has 6 N–H and O–H groups in total. The van der Waals surface area contributed by atoms with E-state index in [1.54, 1.807) is 0 Å². The highest BCUT2D eigenvalue weighted by Crippen LogP contribution is 2.20. The Bertz CT molecular complexity index is 1330. The number of thioether (sulfide) groups is 2. The normalized spacial score (nSPS) is 13.1. The van der Waals surface area contributed by atoms with E-state index in [1.165, 1.54) is 23.5 Å². The van der Waals surface area contributed by atoms with Gasteiger partial charge in [-0.2, -0.15) is 0 Å². The number of ether oxygens (including phenoxy) is 2. The molecule has 256 valence electrons. The minimum absolute atomic E-state index is 0.153. The van der Waals surface area contributed by atoms with Crippen molar-refractivity contribution in [2.24, 2.45) is 0 Å². The van der Waals surface area contributed by atoms with Crippen LogP contribution in [0.3, 0.4) is 0 Å². The van der Waals surface area contributed by atoms with Gasteiger partial charge in [-0.05, 0) is 35.4 Å². The molecule has 0 saturated carbocycles. The molecule has 0 heterocycles. The average molecular weight is 695 g/mol. The van der Waals surface area contributed by atoms with Crippen molar-refractivity contribution in [3.8, 4) is 0 Å². The molecule has 4 rings (SSSR count). The SMILES string of the molecule is O=C(N[C@@H](CSc1ccccc1)[C@@H](O)CO)OCc1ccccc1.O=C(N[C@@H](CSc1ccccc1)[C@H](O)CO)OCc1ccccc1. The van der Waals surface area contributed by atoms with Gasteiger partial charge in [0.15, 0.2) is 0 Å². The Morgan fingerprint density at radius 2 is 0.854 bits per heavy atom. The van der Waals surface area contributed by atoms with Crippen LogP contribution in [-0.4, -0.2) is 81.6 Å². The summed E-state index contributed by atoms with van der Waals surface area (Å²) in [5.74, 6) is 0.846. The lowest BCUT2D eigenvalue weighted by Gasteiger charge is -2.22. The molecule has 12 heteroatoms.